The molecule has 1 N–H and O–H groups in total. The Morgan fingerprint density at radius 2 is 1.96 bits per heavy atom. The average Bonchev–Trinajstić information content (AvgIpc) is 2.55. The highest BCUT2D eigenvalue weighted by Crippen LogP contribution is 2.25. The molecule has 0 aliphatic heterocycles. The lowest BCUT2D eigenvalue weighted by molar-refractivity contribution is -0.115. The van der Waals surface area contributed by atoms with Gasteiger partial charge in [0.1, 0.15) is 12.2 Å². The number of amides is 1. The number of rotatable bonds is 4. The molecular weight excluding hydrogens is 299 g/mol. The van der Waals surface area contributed by atoms with Crippen molar-refractivity contribution in [2.75, 3.05) is 12.4 Å². The zero-order valence-corrected chi connectivity index (χ0v) is 12.3. The van der Waals surface area contributed by atoms with Crippen molar-refractivity contribution in [3.63, 3.8) is 0 Å². The number of esters is 1. The van der Waals surface area contributed by atoms with Crippen LogP contribution in [0, 0.1) is 17.1 Å². The summed E-state index contributed by atoms with van der Waals surface area (Å²) < 4.78 is 18.2. The number of hydrogen-bond acceptors (Lipinski definition) is 4. The Bertz CT molecular complexity index is 797. The first-order chi connectivity index (χ1) is 11.0. The van der Waals surface area contributed by atoms with Crippen LogP contribution in [0.25, 0.3) is 11.1 Å². The number of halogens is 1. The summed E-state index contributed by atoms with van der Waals surface area (Å²) in [7, 11) is 1.18. The summed E-state index contributed by atoms with van der Waals surface area (Å²) >= 11 is 0. The van der Waals surface area contributed by atoms with Crippen molar-refractivity contribution in [3.05, 3.63) is 53.8 Å². The zero-order valence-electron chi connectivity index (χ0n) is 12.3. The Balaban J connectivity index is 2.34. The van der Waals surface area contributed by atoms with E-state index < -0.39 is 17.7 Å². The molecule has 2 aromatic rings. The Hall–Kier alpha value is -3.20. The standard InChI is InChI=1S/C17H13FN2O3/c1-23-17(22)14-10-12(5-6-15(14)18)11-3-2-4-13(9-11)20-16(21)7-8-19/h2-6,9-10H,7H2,1H3,(H,20,21). The fourth-order valence-corrected chi connectivity index (χ4v) is 2.02. The second kappa shape index (κ2) is 7.18. The Kier molecular flexibility index (Phi) is 5.05. The molecule has 0 aliphatic carbocycles. The maximum Gasteiger partial charge on any atom is 0.340 e. The van der Waals surface area contributed by atoms with Crippen LogP contribution in [0.1, 0.15) is 16.8 Å². The number of hydrogen-bond donors (Lipinski definition) is 1. The molecular formula is C17H13FN2O3. The monoisotopic (exact) mass is 312 g/mol. The van der Waals surface area contributed by atoms with Crippen molar-refractivity contribution in [1.82, 2.24) is 0 Å². The van der Waals surface area contributed by atoms with Gasteiger partial charge in [0.2, 0.25) is 5.91 Å². The summed E-state index contributed by atoms with van der Waals surface area (Å²) in [5, 5.41) is 11.1. The second-order valence-corrected chi connectivity index (χ2v) is 4.65. The first-order valence-corrected chi connectivity index (χ1v) is 6.70. The largest absolute Gasteiger partial charge is 0.465 e. The van der Waals surface area contributed by atoms with Crippen molar-refractivity contribution < 1.29 is 18.7 Å². The lowest BCUT2D eigenvalue weighted by Gasteiger charge is -2.08. The minimum atomic E-state index is -0.761. The van der Waals surface area contributed by atoms with Gasteiger partial charge >= 0.3 is 5.97 Å². The van der Waals surface area contributed by atoms with Crippen LogP contribution in [0.5, 0.6) is 0 Å². The minimum absolute atomic E-state index is 0.163. The molecule has 0 aliphatic rings. The lowest BCUT2D eigenvalue weighted by atomic mass is 10.0. The van der Waals surface area contributed by atoms with E-state index in [2.05, 4.69) is 10.1 Å². The predicted molar refractivity (Wildman–Crippen MR) is 82.0 cm³/mol. The third-order valence-electron chi connectivity index (χ3n) is 3.09. The van der Waals surface area contributed by atoms with Crippen LogP contribution in [0.4, 0.5) is 10.1 Å². The SMILES string of the molecule is COC(=O)c1cc(-c2cccc(NC(=O)CC#N)c2)ccc1F. The Morgan fingerprint density at radius 3 is 2.65 bits per heavy atom. The molecule has 0 saturated carbocycles. The molecule has 0 aromatic heterocycles. The number of ether oxygens (including phenoxy) is 1. The highest BCUT2D eigenvalue weighted by atomic mass is 19.1. The van der Waals surface area contributed by atoms with Crippen LogP contribution in [0.15, 0.2) is 42.5 Å². The molecule has 0 atom stereocenters. The summed E-state index contributed by atoms with van der Waals surface area (Å²) in [6, 6.07) is 12.7. The first kappa shape index (κ1) is 16.2. The van der Waals surface area contributed by atoms with E-state index in [1.54, 1.807) is 30.3 Å². The fraction of sp³-hybridized carbons (Fsp3) is 0.118. The molecule has 0 unspecified atom stereocenters. The molecule has 5 nitrogen and oxygen atoms in total. The first-order valence-electron chi connectivity index (χ1n) is 6.70. The van der Waals surface area contributed by atoms with E-state index in [-0.39, 0.29) is 12.0 Å². The van der Waals surface area contributed by atoms with Crippen molar-refractivity contribution in [1.29, 1.82) is 5.26 Å². The van der Waals surface area contributed by atoms with E-state index in [4.69, 9.17) is 5.26 Å². The van der Waals surface area contributed by atoms with E-state index in [1.807, 2.05) is 0 Å². The van der Waals surface area contributed by atoms with E-state index >= 15 is 0 Å². The molecule has 23 heavy (non-hydrogen) atoms. The average molecular weight is 312 g/mol. The number of benzene rings is 2. The highest BCUT2D eigenvalue weighted by Gasteiger charge is 2.13. The number of nitrogens with one attached hydrogen (secondary N) is 1. The van der Waals surface area contributed by atoms with Gasteiger partial charge in [-0.15, -0.1) is 0 Å². The highest BCUT2D eigenvalue weighted by molar-refractivity contribution is 5.93. The maximum absolute atomic E-state index is 13.7. The van der Waals surface area contributed by atoms with Gasteiger partial charge in [-0.25, -0.2) is 9.18 Å². The van der Waals surface area contributed by atoms with Gasteiger partial charge in [-0.2, -0.15) is 5.26 Å². The van der Waals surface area contributed by atoms with Gasteiger partial charge in [0, 0.05) is 5.69 Å². The van der Waals surface area contributed by atoms with E-state index in [9.17, 15) is 14.0 Å². The maximum atomic E-state index is 13.7. The summed E-state index contributed by atoms with van der Waals surface area (Å²) in [5.74, 6) is -1.85. The molecule has 0 radical (unpaired) electrons. The summed E-state index contributed by atoms with van der Waals surface area (Å²) in [6.45, 7) is 0. The van der Waals surface area contributed by atoms with E-state index in [1.165, 1.54) is 25.3 Å². The molecule has 2 aromatic carbocycles. The molecule has 0 spiro atoms. The van der Waals surface area contributed by atoms with Crippen LogP contribution in [0.2, 0.25) is 0 Å². The van der Waals surface area contributed by atoms with Crippen LogP contribution in [-0.2, 0) is 9.53 Å². The quantitative estimate of drug-likeness (QED) is 0.880. The molecule has 0 fully saturated rings. The number of carbonyl (C=O) groups excluding carboxylic acids is 2. The van der Waals surface area contributed by atoms with Crippen molar-refractivity contribution in [2.24, 2.45) is 0 Å². The van der Waals surface area contributed by atoms with Gasteiger partial charge in [-0.05, 0) is 35.4 Å². The second-order valence-electron chi connectivity index (χ2n) is 4.65. The Morgan fingerprint density at radius 1 is 1.22 bits per heavy atom. The molecule has 6 heteroatoms. The van der Waals surface area contributed by atoms with Crippen LogP contribution < -0.4 is 5.32 Å². The van der Waals surface area contributed by atoms with Crippen molar-refractivity contribution in [2.45, 2.75) is 6.42 Å². The van der Waals surface area contributed by atoms with E-state index in [0.29, 0.717) is 16.8 Å². The van der Waals surface area contributed by atoms with Crippen LogP contribution in [0.3, 0.4) is 0 Å². The van der Waals surface area contributed by atoms with Gasteiger partial charge in [0.15, 0.2) is 0 Å². The number of nitrogens with zero attached hydrogens (tertiary/aromatic N) is 1. The molecule has 116 valence electrons. The smallest absolute Gasteiger partial charge is 0.340 e. The minimum Gasteiger partial charge on any atom is -0.465 e. The van der Waals surface area contributed by atoms with Gasteiger partial charge < -0.3 is 10.1 Å². The summed E-state index contributed by atoms with van der Waals surface area (Å²) in [6.07, 6.45) is -0.243. The van der Waals surface area contributed by atoms with Crippen LogP contribution >= 0.6 is 0 Å². The third-order valence-corrected chi connectivity index (χ3v) is 3.09. The molecule has 0 bridgehead atoms. The number of carbonyl (C=O) groups is 2. The topological polar surface area (TPSA) is 79.2 Å². The number of nitriles is 1. The van der Waals surface area contributed by atoms with Crippen LogP contribution in [-0.4, -0.2) is 19.0 Å². The number of methoxy groups -OCH3 is 1. The third kappa shape index (κ3) is 3.92. The lowest BCUT2D eigenvalue weighted by Crippen LogP contribution is -2.10. The predicted octanol–water partition coefficient (Wildman–Crippen LogP) is 3.13. The fourth-order valence-electron chi connectivity index (χ4n) is 2.02. The van der Waals surface area contributed by atoms with E-state index in [0.717, 1.165) is 0 Å². The van der Waals surface area contributed by atoms with Crippen molar-refractivity contribution >= 4 is 17.6 Å². The van der Waals surface area contributed by atoms with Crippen molar-refractivity contribution in [3.8, 4) is 17.2 Å². The number of anilines is 1. The van der Waals surface area contributed by atoms with Gasteiger partial charge in [0.25, 0.3) is 0 Å². The normalized spacial score (nSPS) is 9.78. The molecule has 0 heterocycles. The van der Waals surface area contributed by atoms with Gasteiger partial charge in [-0.1, -0.05) is 18.2 Å². The molecule has 1 amide bonds. The Labute approximate surface area is 132 Å². The zero-order chi connectivity index (χ0) is 16.8. The molecule has 0 saturated heterocycles. The van der Waals surface area contributed by atoms with Gasteiger partial charge in [0.05, 0.1) is 18.7 Å². The summed E-state index contributed by atoms with van der Waals surface area (Å²) in [4.78, 5) is 23.0. The molecule has 2 rings (SSSR count). The van der Waals surface area contributed by atoms with Gasteiger partial charge in [-0.3, -0.25) is 4.79 Å². The summed E-state index contributed by atoms with van der Waals surface area (Å²) in [5.41, 5.74) is 1.63.